The summed E-state index contributed by atoms with van der Waals surface area (Å²) in [5.74, 6) is -0.0234. The van der Waals surface area contributed by atoms with Gasteiger partial charge in [0, 0.05) is 25.5 Å². The fraction of sp³-hybridized carbons (Fsp3) is 0.176. The Kier molecular flexibility index (Phi) is 4.15. The number of hydrogen-bond donors (Lipinski definition) is 3. The van der Waals surface area contributed by atoms with Gasteiger partial charge in [0.2, 0.25) is 5.95 Å². The number of pyridine rings is 1. The summed E-state index contributed by atoms with van der Waals surface area (Å²) in [5, 5.41) is 6.93. The fourth-order valence-electron chi connectivity index (χ4n) is 2.71. The van der Waals surface area contributed by atoms with Gasteiger partial charge in [-0.2, -0.15) is 9.97 Å². The van der Waals surface area contributed by atoms with Gasteiger partial charge in [0.25, 0.3) is 0 Å². The molecule has 0 radical (unpaired) electrons. The molecule has 0 aromatic carbocycles. The molecule has 138 valence electrons. The van der Waals surface area contributed by atoms with Crippen LogP contribution in [-0.2, 0) is 7.05 Å². The van der Waals surface area contributed by atoms with E-state index >= 15 is 0 Å². The van der Waals surface area contributed by atoms with Gasteiger partial charge in [-0.1, -0.05) is 0 Å². The highest BCUT2D eigenvalue weighted by molar-refractivity contribution is 5.89. The second kappa shape index (κ2) is 6.63. The first kappa shape index (κ1) is 16.9. The van der Waals surface area contributed by atoms with Crippen molar-refractivity contribution in [2.75, 3.05) is 10.6 Å². The van der Waals surface area contributed by atoms with Crippen LogP contribution in [0.1, 0.15) is 18.7 Å². The first-order chi connectivity index (χ1) is 13.0. The molecule has 10 heteroatoms. The lowest BCUT2D eigenvalue weighted by molar-refractivity contribution is 0.550. The van der Waals surface area contributed by atoms with Crippen LogP contribution >= 0.6 is 0 Å². The SMILES string of the molecule is C[C@H](Nc1nc(Nc2cn(C)cn2)c2cc[nH]c2n1)c1ncc(F)cc1F. The Morgan fingerprint density at radius 3 is 2.81 bits per heavy atom. The normalized spacial score (nSPS) is 12.3. The largest absolute Gasteiger partial charge is 0.346 e. The summed E-state index contributed by atoms with van der Waals surface area (Å²) >= 11 is 0. The van der Waals surface area contributed by atoms with E-state index in [1.54, 1.807) is 19.4 Å². The Labute approximate surface area is 152 Å². The summed E-state index contributed by atoms with van der Waals surface area (Å²) in [6, 6.07) is 2.07. The van der Waals surface area contributed by atoms with E-state index < -0.39 is 17.7 Å². The van der Waals surface area contributed by atoms with Crippen LogP contribution in [0.3, 0.4) is 0 Å². The molecule has 0 unspecified atom stereocenters. The molecule has 0 aliphatic carbocycles. The third kappa shape index (κ3) is 3.41. The van der Waals surface area contributed by atoms with E-state index in [1.165, 1.54) is 0 Å². The van der Waals surface area contributed by atoms with Gasteiger partial charge in [-0.05, 0) is 13.0 Å². The van der Waals surface area contributed by atoms with Crippen LogP contribution in [0, 0.1) is 11.6 Å². The number of aromatic nitrogens is 6. The Bertz CT molecular complexity index is 1100. The van der Waals surface area contributed by atoms with Crippen molar-refractivity contribution in [3.05, 3.63) is 54.4 Å². The summed E-state index contributed by atoms with van der Waals surface area (Å²) < 4.78 is 28.8. The van der Waals surface area contributed by atoms with Crippen LogP contribution in [0.2, 0.25) is 0 Å². The molecule has 8 nitrogen and oxygen atoms in total. The van der Waals surface area contributed by atoms with Crippen LogP contribution in [0.4, 0.5) is 26.4 Å². The van der Waals surface area contributed by atoms with Crippen molar-refractivity contribution < 1.29 is 8.78 Å². The molecule has 0 aliphatic rings. The smallest absolute Gasteiger partial charge is 0.227 e. The lowest BCUT2D eigenvalue weighted by atomic mass is 10.2. The highest BCUT2D eigenvalue weighted by Crippen LogP contribution is 2.26. The Hall–Kier alpha value is -3.56. The molecule has 4 aromatic rings. The minimum atomic E-state index is -0.734. The van der Waals surface area contributed by atoms with Crippen LogP contribution in [0.15, 0.2) is 37.1 Å². The van der Waals surface area contributed by atoms with Crippen molar-refractivity contribution in [2.24, 2.45) is 7.05 Å². The van der Waals surface area contributed by atoms with Crippen molar-refractivity contribution in [2.45, 2.75) is 13.0 Å². The molecule has 0 spiro atoms. The number of anilines is 3. The van der Waals surface area contributed by atoms with E-state index in [1.807, 2.05) is 23.9 Å². The summed E-state index contributed by atoms with van der Waals surface area (Å²) in [4.78, 5) is 19.9. The molecule has 0 saturated carbocycles. The Balaban J connectivity index is 1.65. The number of aryl methyl sites for hydroxylation is 1. The van der Waals surface area contributed by atoms with Crippen molar-refractivity contribution in [3.63, 3.8) is 0 Å². The molecule has 0 saturated heterocycles. The van der Waals surface area contributed by atoms with Gasteiger partial charge in [0.1, 0.15) is 28.9 Å². The average Bonchev–Trinajstić information content (AvgIpc) is 3.23. The average molecular weight is 370 g/mol. The molecule has 3 N–H and O–H groups in total. The van der Waals surface area contributed by atoms with Crippen molar-refractivity contribution >= 4 is 28.6 Å². The van der Waals surface area contributed by atoms with Crippen molar-refractivity contribution in [1.82, 2.24) is 29.5 Å². The zero-order valence-corrected chi connectivity index (χ0v) is 14.5. The molecule has 0 bridgehead atoms. The van der Waals surface area contributed by atoms with Crippen molar-refractivity contribution in [1.29, 1.82) is 0 Å². The number of nitrogens with zero attached hydrogens (tertiary/aromatic N) is 5. The number of hydrogen-bond acceptors (Lipinski definition) is 6. The topological polar surface area (TPSA) is 96.3 Å². The molecule has 4 rings (SSSR count). The first-order valence-corrected chi connectivity index (χ1v) is 8.17. The van der Waals surface area contributed by atoms with Gasteiger partial charge in [-0.3, -0.25) is 4.98 Å². The standard InChI is InChI=1S/C17H16F2N8/c1-9(14-12(19)5-10(18)6-21-14)23-17-25-15-11(3-4-20-15)16(26-17)24-13-7-27(2)8-22-13/h3-9H,1-2H3,(H3,20,23,24,25,26)/t9-/m0/s1. The zero-order valence-electron chi connectivity index (χ0n) is 14.5. The molecule has 4 heterocycles. The monoisotopic (exact) mass is 370 g/mol. The maximum atomic E-state index is 14.0. The van der Waals surface area contributed by atoms with E-state index in [0.29, 0.717) is 17.3 Å². The summed E-state index contributed by atoms with van der Waals surface area (Å²) in [6.45, 7) is 1.69. The molecule has 0 amide bonds. The summed E-state index contributed by atoms with van der Waals surface area (Å²) in [6.07, 6.45) is 6.20. The van der Waals surface area contributed by atoms with Crippen molar-refractivity contribution in [3.8, 4) is 0 Å². The van der Waals surface area contributed by atoms with E-state index in [2.05, 4.69) is 35.6 Å². The molecular weight excluding hydrogens is 354 g/mol. The number of halogens is 2. The van der Waals surface area contributed by atoms with E-state index in [4.69, 9.17) is 0 Å². The van der Waals surface area contributed by atoms with Crippen LogP contribution < -0.4 is 10.6 Å². The second-order valence-electron chi connectivity index (χ2n) is 6.07. The highest BCUT2D eigenvalue weighted by atomic mass is 19.1. The maximum absolute atomic E-state index is 14.0. The fourth-order valence-corrected chi connectivity index (χ4v) is 2.71. The van der Waals surface area contributed by atoms with Gasteiger partial charge >= 0.3 is 0 Å². The van der Waals surface area contributed by atoms with Crippen LogP contribution in [0.5, 0.6) is 0 Å². The van der Waals surface area contributed by atoms with E-state index in [9.17, 15) is 8.78 Å². The molecule has 0 aliphatic heterocycles. The number of imidazole rings is 1. The Morgan fingerprint density at radius 1 is 1.22 bits per heavy atom. The third-order valence-electron chi connectivity index (χ3n) is 3.96. The highest BCUT2D eigenvalue weighted by Gasteiger charge is 2.16. The van der Waals surface area contributed by atoms with E-state index in [0.717, 1.165) is 17.6 Å². The Morgan fingerprint density at radius 2 is 2.07 bits per heavy atom. The zero-order chi connectivity index (χ0) is 19.0. The first-order valence-electron chi connectivity index (χ1n) is 8.17. The minimum absolute atomic E-state index is 0.0748. The van der Waals surface area contributed by atoms with Gasteiger partial charge in [0.15, 0.2) is 0 Å². The summed E-state index contributed by atoms with van der Waals surface area (Å²) in [5.41, 5.74) is 0.677. The minimum Gasteiger partial charge on any atom is -0.346 e. The number of aromatic amines is 1. The predicted molar refractivity (Wildman–Crippen MR) is 96.6 cm³/mol. The molecule has 27 heavy (non-hydrogen) atoms. The molecule has 1 atom stereocenters. The van der Waals surface area contributed by atoms with Crippen LogP contribution in [0.25, 0.3) is 11.0 Å². The van der Waals surface area contributed by atoms with Gasteiger partial charge in [-0.25, -0.2) is 13.8 Å². The lowest BCUT2D eigenvalue weighted by Gasteiger charge is -2.15. The van der Waals surface area contributed by atoms with Gasteiger partial charge in [-0.15, -0.1) is 0 Å². The quantitative estimate of drug-likeness (QED) is 0.499. The third-order valence-corrected chi connectivity index (χ3v) is 3.96. The summed E-state index contributed by atoms with van der Waals surface area (Å²) in [7, 11) is 1.86. The number of fused-ring (bicyclic) bond motifs is 1. The predicted octanol–water partition coefficient (Wildman–Crippen LogP) is 3.28. The number of nitrogens with one attached hydrogen (secondary N) is 3. The molecule has 4 aromatic heterocycles. The molecule has 0 fully saturated rings. The van der Waals surface area contributed by atoms with E-state index in [-0.39, 0.29) is 11.6 Å². The number of H-pyrrole nitrogens is 1. The molecular formula is C17H16F2N8. The van der Waals surface area contributed by atoms with Gasteiger partial charge < -0.3 is 20.2 Å². The maximum Gasteiger partial charge on any atom is 0.227 e. The second-order valence-corrected chi connectivity index (χ2v) is 6.07. The lowest BCUT2D eigenvalue weighted by Crippen LogP contribution is -2.13. The number of rotatable bonds is 5. The van der Waals surface area contributed by atoms with Gasteiger partial charge in [0.05, 0.1) is 29.6 Å². The van der Waals surface area contributed by atoms with Crippen LogP contribution in [-0.4, -0.2) is 29.5 Å².